The van der Waals surface area contributed by atoms with E-state index < -0.39 is 5.97 Å². The molecule has 0 radical (unpaired) electrons. The van der Waals surface area contributed by atoms with Crippen LogP contribution in [0.3, 0.4) is 0 Å². The molecule has 1 atom stereocenters. The van der Waals surface area contributed by atoms with Gasteiger partial charge in [-0.1, -0.05) is 60.7 Å². The Bertz CT molecular complexity index is 1340. The van der Waals surface area contributed by atoms with Crippen molar-refractivity contribution in [3.05, 3.63) is 84.1 Å². The van der Waals surface area contributed by atoms with E-state index in [1.807, 2.05) is 67.6 Å². The summed E-state index contributed by atoms with van der Waals surface area (Å²) < 4.78 is 12.7. The lowest BCUT2D eigenvalue weighted by Gasteiger charge is -2.30. The zero-order valence-corrected chi connectivity index (χ0v) is 19.5. The summed E-state index contributed by atoms with van der Waals surface area (Å²) in [6, 6.07) is 21.3. The summed E-state index contributed by atoms with van der Waals surface area (Å²) in [6.45, 7) is 3.56. The van der Waals surface area contributed by atoms with Gasteiger partial charge in [-0.2, -0.15) is 5.10 Å². The van der Waals surface area contributed by atoms with Crippen LogP contribution in [0.2, 0.25) is 0 Å². The first-order valence-electron chi connectivity index (χ1n) is 11.6. The van der Waals surface area contributed by atoms with Crippen LogP contribution < -0.4 is 0 Å². The molecule has 1 fully saturated rings. The lowest BCUT2D eigenvalue weighted by Crippen LogP contribution is -2.46. The van der Waals surface area contributed by atoms with Crippen LogP contribution in [0.25, 0.3) is 22.3 Å². The van der Waals surface area contributed by atoms with Crippen molar-refractivity contribution in [2.45, 2.75) is 19.6 Å². The van der Waals surface area contributed by atoms with Crippen LogP contribution in [0.5, 0.6) is 0 Å². The second-order valence-corrected chi connectivity index (χ2v) is 8.54. The minimum Gasteiger partial charge on any atom is -0.452 e. The molecule has 1 aliphatic rings. The minimum atomic E-state index is -0.580. The van der Waals surface area contributed by atoms with Crippen molar-refractivity contribution < 1.29 is 19.1 Å². The van der Waals surface area contributed by atoms with E-state index in [0.29, 0.717) is 48.5 Å². The zero-order chi connectivity index (χ0) is 24.2. The van der Waals surface area contributed by atoms with Crippen molar-refractivity contribution in [3.8, 4) is 11.3 Å². The first kappa shape index (κ1) is 22.7. The number of carbonyl (C=O) groups is 2. The van der Waals surface area contributed by atoms with E-state index in [0.717, 1.165) is 11.1 Å². The number of ether oxygens (including phenoxy) is 2. The molecule has 4 aromatic rings. The zero-order valence-electron chi connectivity index (χ0n) is 19.5. The maximum atomic E-state index is 13.2. The van der Waals surface area contributed by atoms with Crippen LogP contribution in [-0.4, -0.2) is 63.9 Å². The summed E-state index contributed by atoms with van der Waals surface area (Å²) >= 11 is 0. The number of esters is 1. The summed E-state index contributed by atoms with van der Waals surface area (Å²) in [5.41, 5.74) is 3.48. The van der Waals surface area contributed by atoms with Gasteiger partial charge in [-0.05, 0) is 18.6 Å². The highest BCUT2D eigenvalue weighted by Crippen LogP contribution is 2.26. The van der Waals surface area contributed by atoms with Gasteiger partial charge in [0.1, 0.15) is 0 Å². The standard InChI is InChI=1S/C27H26N4O4/c1-19-16-30(12-13-34-19)25(32)18-35-27(33)22-14-24(21-10-6-3-7-11-21)29-26-23(22)15-28-31(26)17-20-8-4-2-5-9-20/h2-11,14-15,19H,12-13,16-18H2,1H3. The molecule has 8 heteroatoms. The van der Waals surface area contributed by atoms with E-state index in [4.69, 9.17) is 14.5 Å². The molecule has 0 N–H and O–H groups in total. The topological polar surface area (TPSA) is 86.5 Å². The Morgan fingerprint density at radius 2 is 1.83 bits per heavy atom. The third-order valence-corrected chi connectivity index (χ3v) is 5.99. The molecule has 35 heavy (non-hydrogen) atoms. The van der Waals surface area contributed by atoms with Crippen molar-refractivity contribution in [2.75, 3.05) is 26.3 Å². The predicted octanol–water partition coefficient (Wildman–Crippen LogP) is 3.55. The Kier molecular flexibility index (Phi) is 6.54. The third-order valence-electron chi connectivity index (χ3n) is 5.99. The van der Waals surface area contributed by atoms with Gasteiger partial charge in [-0.3, -0.25) is 4.79 Å². The Morgan fingerprint density at radius 3 is 2.57 bits per heavy atom. The number of hydrogen-bond acceptors (Lipinski definition) is 6. The molecule has 1 aliphatic heterocycles. The van der Waals surface area contributed by atoms with Gasteiger partial charge in [0.25, 0.3) is 5.91 Å². The van der Waals surface area contributed by atoms with Gasteiger partial charge in [0.2, 0.25) is 0 Å². The van der Waals surface area contributed by atoms with Gasteiger partial charge in [0, 0.05) is 18.7 Å². The lowest BCUT2D eigenvalue weighted by molar-refractivity contribution is -0.141. The van der Waals surface area contributed by atoms with Gasteiger partial charge in [0.05, 0.1) is 42.1 Å². The average Bonchev–Trinajstić information content (AvgIpc) is 3.30. The molecule has 5 rings (SSSR count). The normalized spacial score (nSPS) is 15.8. The molecule has 0 aliphatic carbocycles. The highest BCUT2D eigenvalue weighted by Gasteiger charge is 2.24. The Morgan fingerprint density at radius 1 is 1.09 bits per heavy atom. The first-order chi connectivity index (χ1) is 17.1. The number of amides is 1. The van der Waals surface area contributed by atoms with E-state index in [2.05, 4.69) is 5.10 Å². The molecule has 1 amide bonds. The van der Waals surface area contributed by atoms with Gasteiger partial charge >= 0.3 is 5.97 Å². The second kappa shape index (κ2) is 10.1. The minimum absolute atomic E-state index is 0.0351. The fourth-order valence-electron chi connectivity index (χ4n) is 4.19. The molecular formula is C27H26N4O4. The van der Waals surface area contributed by atoms with E-state index in [1.54, 1.807) is 21.8 Å². The molecule has 3 heterocycles. The smallest absolute Gasteiger partial charge is 0.339 e. The number of hydrogen-bond donors (Lipinski definition) is 0. The monoisotopic (exact) mass is 470 g/mol. The molecular weight excluding hydrogens is 444 g/mol. The number of nitrogens with zero attached hydrogens (tertiary/aromatic N) is 4. The summed E-state index contributed by atoms with van der Waals surface area (Å²) in [5.74, 6) is -0.814. The van der Waals surface area contributed by atoms with Gasteiger partial charge in [-0.15, -0.1) is 0 Å². The van der Waals surface area contributed by atoms with Crippen molar-refractivity contribution in [2.24, 2.45) is 0 Å². The summed E-state index contributed by atoms with van der Waals surface area (Å²) in [6.07, 6.45) is 1.59. The van der Waals surface area contributed by atoms with E-state index >= 15 is 0 Å². The van der Waals surface area contributed by atoms with Gasteiger partial charge < -0.3 is 14.4 Å². The number of benzene rings is 2. The Labute approximate surface area is 203 Å². The number of aromatic nitrogens is 3. The number of pyridine rings is 1. The fourth-order valence-corrected chi connectivity index (χ4v) is 4.19. The third kappa shape index (κ3) is 5.07. The second-order valence-electron chi connectivity index (χ2n) is 8.54. The SMILES string of the molecule is CC1CN(C(=O)COC(=O)c2cc(-c3ccccc3)nc3c2cnn3Cc2ccccc2)CCO1. The number of rotatable bonds is 6. The predicted molar refractivity (Wildman–Crippen MR) is 131 cm³/mol. The van der Waals surface area contributed by atoms with Crippen LogP contribution >= 0.6 is 0 Å². The van der Waals surface area contributed by atoms with Gasteiger partial charge in [0.15, 0.2) is 12.3 Å². The largest absolute Gasteiger partial charge is 0.452 e. The van der Waals surface area contributed by atoms with E-state index in [-0.39, 0.29) is 18.6 Å². The van der Waals surface area contributed by atoms with Crippen molar-refractivity contribution in [1.82, 2.24) is 19.7 Å². The Balaban J connectivity index is 1.45. The summed E-state index contributed by atoms with van der Waals surface area (Å²) in [7, 11) is 0. The summed E-state index contributed by atoms with van der Waals surface area (Å²) in [4.78, 5) is 32.3. The first-order valence-corrected chi connectivity index (χ1v) is 11.6. The quantitative estimate of drug-likeness (QED) is 0.401. The van der Waals surface area contributed by atoms with E-state index in [1.165, 1.54) is 0 Å². The molecule has 0 spiro atoms. The highest BCUT2D eigenvalue weighted by molar-refractivity contribution is 6.04. The molecule has 1 saturated heterocycles. The number of morpholine rings is 1. The van der Waals surface area contributed by atoms with Crippen LogP contribution in [0.15, 0.2) is 72.9 Å². The molecule has 0 bridgehead atoms. The van der Waals surface area contributed by atoms with Crippen LogP contribution in [-0.2, 0) is 20.8 Å². The molecule has 0 saturated carbocycles. The molecule has 2 aromatic carbocycles. The molecule has 1 unspecified atom stereocenters. The molecule has 8 nitrogen and oxygen atoms in total. The van der Waals surface area contributed by atoms with Crippen LogP contribution in [0.4, 0.5) is 0 Å². The fraction of sp³-hybridized carbons (Fsp3) is 0.259. The highest BCUT2D eigenvalue weighted by atomic mass is 16.5. The van der Waals surface area contributed by atoms with Crippen molar-refractivity contribution >= 4 is 22.9 Å². The molecule has 2 aromatic heterocycles. The molecule has 178 valence electrons. The van der Waals surface area contributed by atoms with Crippen molar-refractivity contribution in [1.29, 1.82) is 0 Å². The number of fused-ring (bicyclic) bond motifs is 1. The maximum Gasteiger partial charge on any atom is 0.339 e. The van der Waals surface area contributed by atoms with Crippen LogP contribution in [0, 0.1) is 0 Å². The number of carbonyl (C=O) groups excluding carboxylic acids is 2. The van der Waals surface area contributed by atoms with Gasteiger partial charge in [-0.25, -0.2) is 14.5 Å². The Hall–Kier alpha value is -4.04. The van der Waals surface area contributed by atoms with Crippen LogP contribution in [0.1, 0.15) is 22.8 Å². The lowest BCUT2D eigenvalue weighted by atomic mass is 10.1. The average molecular weight is 471 g/mol. The van der Waals surface area contributed by atoms with Crippen molar-refractivity contribution in [3.63, 3.8) is 0 Å². The van der Waals surface area contributed by atoms with E-state index in [9.17, 15) is 9.59 Å². The summed E-state index contributed by atoms with van der Waals surface area (Å²) in [5, 5.41) is 5.08. The maximum absolute atomic E-state index is 13.2.